The molecule has 0 heterocycles. The fourth-order valence-electron chi connectivity index (χ4n) is 2.99. The van der Waals surface area contributed by atoms with E-state index in [1.54, 1.807) is 0 Å². The van der Waals surface area contributed by atoms with Crippen molar-refractivity contribution in [2.45, 2.75) is 46.0 Å². The Hall–Kier alpha value is -1.38. The molecule has 1 aliphatic carbocycles. The first kappa shape index (κ1) is 15.0. The topological polar surface area (TPSA) is 47.3 Å². The molecule has 0 amide bonds. The molecule has 0 radical (unpaired) electrons. The molecule has 1 aliphatic rings. The Balaban J connectivity index is 1.88. The molecule has 3 heteroatoms. The summed E-state index contributed by atoms with van der Waals surface area (Å²) >= 11 is 0. The number of rotatable bonds is 6. The number of nitrogens with two attached hydrogens (primary N) is 1. The maximum atomic E-state index is 5.93. The summed E-state index contributed by atoms with van der Waals surface area (Å²) in [6, 6.07) is 5.99. The maximum absolute atomic E-state index is 5.93. The molecule has 0 bridgehead atoms. The minimum absolute atomic E-state index is 0.716. The highest BCUT2D eigenvalue weighted by atomic mass is 16.5. The third kappa shape index (κ3) is 4.32. The summed E-state index contributed by atoms with van der Waals surface area (Å²) in [6.45, 7) is 6.24. The quantitative estimate of drug-likeness (QED) is 0.762. The van der Waals surface area contributed by atoms with Gasteiger partial charge in [0.1, 0.15) is 5.75 Å². The van der Waals surface area contributed by atoms with E-state index in [1.807, 2.05) is 18.2 Å². The van der Waals surface area contributed by atoms with Crippen LogP contribution in [-0.4, -0.2) is 13.2 Å². The molecular formula is C17H28N2O. The molecule has 2 unspecified atom stereocenters. The summed E-state index contributed by atoms with van der Waals surface area (Å²) in [5, 5.41) is 3.54. The largest absolute Gasteiger partial charge is 0.491 e. The van der Waals surface area contributed by atoms with Crippen molar-refractivity contribution in [1.29, 1.82) is 0 Å². The average Bonchev–Trinajstić information content (AvgIpc) is 2.45. The number of hydrogen-bond donors (Lipinski definition) is 2. The van der Waals surface area contributed by atoms with E-state index in [1.165, 1.54) is 25.7 Å². The van der Waals surface area contributed by atoms with Gasteiger partial charge in [-0.3, -0.25) is 0 Å². The van der Waals surface area contributed by atoms with Gasteiger partial charge in [-0.15, -0.1) is 0 Å². The van der Waals surface area contributed by atoms with Crippen LogP contribution < -0.4 is 15.8 Å². The minimum atomic E-state index is 0.716. The molecule has 1 fully saturated rings. The van der Waals surface area contributed by atoms with E-state index < -0.39 is 0 Å². The first-order chi connectivity index (χ1) is 9.69. The molecule has 2 rings (SSSR count). The van der Waals surface area contributed by atoms with E-state index in [2.05, 4.69) is 19.2 Å². The fourth-order valence-corrected chi connectivity index (χ4v) is 2.99. The molecular weight excluding hydrogens is 248 g/mol. The van der Waals surface area contributed by atoms with Gasteiger partial charge in [0.05, 0.1) is 12.3 Å². The van der Waals surface area contributed by atoms with Gasteiger partial charge in [-0.1, -0.05) is 26.7 Å². The van der Waals surface area contributed by atoms with Gasteiger partial charge in [0.25, 0.3) is 0 Å². The number of nitrogen functional groups attached to an aromatic ring is 1. The van der Waals surface area contributed by atoms with Crippen LogP contribution in [0, 0.1) is 11.8 Å². The Kier molecular flexibility index (Phi) is 5.57. The van der Waals surface area contributed by atoms with E-state index in [9.17, 15) is 0 Å². The summed E-state index contributed by atoms with van der Waals surface area (Å²) in [6.07, 6.45) is 6.47. The highest BCUT2D eigenvalue weighted by molar-refractivity contribution is 5.61. The molecule has 2 atom stereocenters. The van der Waals surface area contributed by atoms with Crippen molar-refractivity contribution >= 4 is 11.4 Å². The second kappa shape index (κ2) is 7.41. The summed E-state index contributed by atoms with van der Waals surface area (Å²) in [7, 11) is 0. The van der Waals surface area contributed by atoms with E-state index >= 15 is 0 Å². The molecule has 3 nitrogen and oxygen atoms in total. The molecule has 1 aromatic rings. The molecule has 1 aromatic carbocycles. The molecule has 20 heavy (non-hydrogen) atoms. The van der Waals surface area contributed by atoms with Crippen molar-refractivity contribution in [3.63, 3.8) is 0 Å². The Morgan fingerprint density at radius 1 is 1.35 bits per heavy atom. The van der Waals surface area contributed by atoms with Gasteiger partial charge in [0.2, 0.25) is 0 Å². The lowest BCUT2D eigenvalue weighted by Crippen LogP contribution is -2.21. The molecule has 112 valence electrons. The zero-order chi connectivity index (χ0) is 14.4. The van der Waals surface area contributed by atoms with Gasteiger partial charge in [-0.2, -0.15) is 0 Å². The first-order valence-electron chi connectivity index (χ1n) is 7.95. The molecule has 3 N–H and O–H groups in total. The SMILES string of the molecule is CCCOc1cc(NCC2CCCC(C)C2)ccc1N. The monoisotopic (exact) mass is 276 g/mol. The second-order valence-corrected chi connectivity index (χ2v) is 6.12. The zero-order valence-electron chi connectivity index (χ0n) is 12.8. The standard InChI is InChI=1S/C17H28N2O/c1-3-9-20-17-11-15(7-8-16(17)18)19-12-14-6-4-5-13(2)10-14/h7-8,11,13-14,19H,3-6,9-10,12,18H2,1-2H3. The highest BCUT2D eigenvalue weighted by Gasteiger charge is 2.18. The van der Waals surface area contributed by atoms with Crippen molar-refractivity contribution in [3.8, 4) is 5.75 Å². The number of hydrogen-bond acceptors (Lipinski definition) is 3. The van der Waals surface area contributed by atoms with Crippen LogP contribution in [-0.2, 0) is 0 Å². The van der Waals surface area contributed by atoms with Gasteiger partial charge in [0.15, 0.2) is 0 Å². The minimum Gasteiger partial charge on any atom is -0.491 e. The van der Waals surface area contributed by atoms with Crippen LogP contribution in [0.15, 0.2) is 18.2 Å². The summed E-state index contributed by atoms with van der Waals surface area (Å²) in [5.41, 5.74) is 7.77. The molecule has 1 saturated carbocycles. The van der Waals surface area contributed by atoms with Crippen molar-refractivity contribution in [2.24, 2.45) is 11.8 Å². The van der Waals surface area contributed by atoms with Crippen LogP contribution in [0.1, 0.15) is 46.0 Å². The third-order valence-corrected chi connectivity index (χ3v) is 4.12. The Bertz CT molecular complexity index is 419. The number of anilines is 2. The number of benzene rings is 1. The predicted molar refractivity (Wildman–Crippen MR) is 86.3 cm³/mol. The van der Waals surface area contributed by atoms with Crippen molar-refractivity contribution < 1.29 is 4.74 Å². The van der Waals surface area contributed by atoms with Crippen LogP contribution in [0.4, 0.5) is 11.4 Å². The molecule has 0 saturated heterocycles. The Morgan fingerprint density at radius 2 is 2.20 bits per heavy atom. The second-order valence-electron chi connectivity index (χ2n) is 6.12. The van der Waals surface area contributed by atoms with Crippen LogP contribution in [0.25, 0.3) is 0 Å². The van der Waals surface area contributed by atoms with Crippen molar-refractivity contribution in [1.82, 2.24) is 0 Å². The molecule has 0 aromatic heterocycles. The predicted octanol–water partition coefficient (Wildman–Crippen LogP) is 4.30. The van der Waals surface area contributed by atoms with E-state index in [0.717, 1.165) is 41.9 Å². The average molecular weight is 276 g/mol. The van der Waals surface area contributed by atoms with Gasteiger partial charge in [-0.05, 0) is 43.2 Å². The molecule has 0 aliphatic heterocycles. The lowest BCUT2D eigenvalue weighted by Gasteiger charge is -2.27. The number of ether oxygens (including phenoxy) is 1. The Morgan fingerprint density at radius 3 is 2.95 bits per heavy atom. The zero-order valence-corrected chi connectivity index (χ0v) is 12.8. The van der Waals surface area contributed by atoms with Crippen LogP contribution in [0.3, 0.4) is 0 Å². The van der Waals surface area contributed by atoms with Crippen molar-refractivity contribution in [3.05, 3.63) is 18.2 Å². The lowest BCUT2D eigenvalue weighted by atomic mass is 9.82. The number of nitrogens with one attached hydrogen (secondary N) is 1. The van der Waals surface area contributed by atoms with Gasteiger partial charge < -0.3 is 15.8 Å². The van der Waals surface area contributed by atoms with Gasteiger partial charge in [0, 0.05) is 18.3 Å². The van der Waals surface area contributed by atoms with E-state index in [0.29, 0.717) is 6.61 Å². The third-order valence-electron chi connectivity index (χ3n) is 4.12. The van der Waals surface area contributed by atoms with Gasteiger partial charge in [-0.25, -0.2) is 0 Å². The van der Waals surface area contributed by atoms with E-state index in [4.69, 9.17) is 10.5 Å². The lowest BCUT2D eigenvalue weighted by molar-refractivity contribution is 0.293. The molecule has 0 spiro atoms. The highest BCUT2D eigenvalue weighted by Crippen LogP contribution is 2.30. The Labute approximate surface area is 122 Å². The van der Waals surface area contributed by atoms with Crippen molar-refractivity contribution in [2.75, 3.05) is 24.2 Å². The van der Waals surface area contributed by atoms with Crippen LogP contribution in [0.5, 0.6) is 5.75 Å². The van der Waals surface area contributed by atoms with Gasteiger partial charge >= 0.3 is 0 Å². The van der Waals surface area contributed by atoms with Crippen LogP contribution >= 0.6 is 0 Å². The smallest absolute Gasteiger partial charge is 0.144 e. The van der Waals surface area contributed by atoms with E-state index in [-0.39, 0.29) is 0 Å². The fraction of sp³-hybridized carbons (Fsp3) is 0.647. The first-order valence-corrected chi connectivity index (χ1v) is 7.95. The summed E-state index contributed by atoms with van der Waals surface area (Å²) in [5.74, 6) is 2.48. The summed E-state index contributed by atoms with van der Waals surface area (Å²) in [4.78, 5) is 0. The van der Waals surface area contributed by atoms with Crippen LogP contribution in [0.2, 0.25) is 0 Å². The normalized spacial score (nSPS) is 22.5. The maximum Gasteiger partial charge on any atom is 0.144 e. The summed E-state index contributed by atoms with van der Waals surface area (Å²) < 4.78 is 5.67.